The van der Waals surface area contributed by atoms with Crippen LogP contribution in [0.4, 0.5) is 0 Å². The van der Waals surface area contributed by atoms with Crippen LogP contribution in [0.5, 0.6) is 11.5 Å². The molecule has 1 atom stereocenters. The van der Waals surface area contributed by atoms with Crippen LogP contribution in [0.15, 0.2) is 29.6 Å². The van der Waals surface area contributed by atoms with Crippen LogP contribution in [0.3, 0.4) is 0 Å². The third-order valence-corrected chi connectivity index (χ3v) is 6.08. The number of aliphatic hydroxyl groups is 1. The third kappa shape index (κ3) is 5.15. The fourth-order valence-corrected chi connectivity index (χ4v) is 4.66. The number of nitrogens with zero attached hydrogens (tertiary/aromatic N) is 2. The van der Waals surface area contributed by atoms with Crippen molar-refractivity contribution < 1.29 is 14.6 Å². The minimum absolute atomic E-state index is 0.202. The Hall–Kier alpha value is -1.31. The molecule has 0 saturated carbocycles. The van der Waals surface area contributed by atoms with Gasteiger partial charge in [0.25, 0.3) is 0 Å². The summed E-state index contributed by atoms with van der Waals surface area (Å²) >= 11 is 8.05. The minimum Gasteiger partial charge on any atom is -0.493 e. The monoisotopic (exact) mass is 410 g/mol. The second-order valence-electron chi connectivity index (χ2n) is 6.75. The van der Waals surface area contributed by atoms with E-state index in [2.05, 4.69) is 27.3 Å². The van der Waals surface area contributed by atoms with Crippen LogP contribution in [0, 0.1) is 0 Å². The number of rotatable bonds is 8. The van der Waals surface area contributed by atoms with Gasteiger partial charge in [0.15, 0.2) is 11.5 Å². The van der Waals surface area contributed by atoms with Crippen LogP contribution in [-0.2, 0) is 13.1 Å². The first kappa shape index (κ1) is 20.4. The first-order valence-electron chi connectivity index (χ1n) is 9.14. The van der Waals surface area contributed by atoms with Crippen LogP contribution in [-0.4, -0.2) is 61.4 Å². The molecule has 27 heavy (non-hydrogen) atoms. The lowest BCUT2D eigenvalue weighted by Gasteiger charge is -2.41. The molecule has 1 aromatic heterocycles. The topological polar surface area (TPSA) is 45.2 Å². The lowest BCUT2D eigenvalue weighted by atomic mass is 10.1. The molecule has 1 aromatic carbocycles. The summed E-state index contributed by atoms with van der Waals surface area (Å²) < 4.78 is 11.0. The molecular weight excluding hydrogens is 384 g/mol. The molecule has 2 aromatic rings. The highest BCUT2D eigenvalue weighted by molar-refractivity contribution is 7.09. The minimum atomic E-state index is 0.202. The summed E-state index contributed by atoms with van der Waals surface area (Å²) in [7, 11) is 3.28. The van der Waals surface area contributed by atoms with E-state index in [1.165, 1.54) is 4.88 Å². The summed E-state index contributed by atoms with van der Waals surface area (Å²) in [5, 5.41) is 12.3. The summed E-state index contributed by atoms with van der Waals surface area (Å²) in [4.78, 5) is 6.25. The smallest absolute Gasteiger partial charge is 0.165 e. The maximum Gasteiger partial charge on any atom is 0.165 e. The van der Waals surface area contributed by atoms with E-state index < -0.39 is 0 Å². The Labute approximate surface area is 170 Å². The second kappa shape index (κ2) is 9.75. The average molecular weight is 411 g/mol. The van der Waals surface area contributed by atoms with Crippen molar-refractivity contribution in [2.24, 2.45) is 0 Å². The molecule has 7 heteroatoms. The zero-order chi connectivity index (χ0) is 19.2. The molecule has 0 aliphatic carbocycles. The number of halogens is 1. The van der Waals surface area contributed by atoms with Gasteiger partial charge in [0, 0.05) is 66.9 Å². The van der Waals surface area contributed by atoms with Crippen LogP contribution in [0.1, 0.15) is 16.9 Å². The highest BCUT2D eigenvalue weighted by atomic mass is 35.5. The van der Waals surface area contributed by atoms with Crippen molar-refractivity contribution in [2.45, 2.75) is 25.6 Å². The Bertz CT molecular complexity index is 726. The van der Waals surface area contributed by atoms with Crippen molar-refractivity contribution in [3.8, 4) is 11.5 Å². The molecule has 1 fully saturated rings. The third-order valence-electron chi connectivity index (χ3n) is 5.00. The first-order valence-corrected chi connectivity index (χ1v) is 10.4. The lowest BCUT2D eigenvalue weighted by Crippen LogP contribution is -2.52. The quantitative estimate of drug-likeness (QED) is 0.721. The number of ether oxygens (including phenoxy) is 2. The molecule has 0 spiro atoms. The Balaban J connectivity index is 1.71. The van der Waals surface area contributed by atoms with Crippen LogP contribution in [0.2, 0.25) is 5.02 Å². The fourth-order valence-electron chi connectivity index (χ4n) is 3.70. The highest BCUT2D eigenvalue weighted by Gasteiger charge is 2.27. The van der Waals surface area contributed by atoms with Gasteiger partial charge in [-0.3, -0.25) is 9.80 Å². The Morgan fingerprint density at radius 2 is 2.07 bits per heavy atom. The van der Waals surface area contributed by atoms with Gasteiger partial charge >= 0.3 is 0 Å². The van der Waals surface area contributed by atoms with Gasteiger partial charge in [-0.05, 0) is 23.9 Å². The van der Waals surface area contributed by atoms with Gasteiger partial charge in [0.1, 0.15) is 0 Å². The normalized spacial score (nSPS) is 18.6. The molecule has 148 valence electrons. The molecule has 1 N–H and O–H groups in total. The highest BCUT2D eigenvalue weighted by Crippen LogP contribution is 2.35. The van der Waals surface area contributed by atoms with E-state index in [9.17, 15) is 5.11 Å². The van der Waals surface area contributed by atoms with Gasteiger partial charge in [-0.1, -0.05) is 17.7 Å². The average Bonchev–Trinajstić information content (AvgIpc) is 3.16. The molecule has 1 aliphatic rings. The zero-order valence-corrected chi connectivity index (χ0v) is 17.4. The number of piperazine rings is 1. The molecular formula is C20H27ClN2O3S. The molecule has 3 rings (SSSR count). The molecule has 5 nitrogen and oxygen atoms in total. The lowest BCUT2D eigenvalue weighted by molar-refractivity contribution is 0.0502. The standard InChI is InChI=1S/C20H27ClN2O3S/c1-25-19-11-16(21)10-15(20(19)26-2)12-22-6-7-23(17(13-22)5-8-24)14-18-4-3-9-27-18/h3-4,9-11,17,24H,5-8,12-14H2,1-2H3/t17-/m1/s1. The summed E-state index contributed by atoms with van der Waals surface area (Å²) in [5.41, 5.74) is 1.02. The van der Waals surface area contributed by atoms with Gasteiger partial charge in [-0.25, -0.2) is 0 Å². The Morgan fingerprint density at radius 3 is 2.74 bits per heavy atom. The van der Waals surface area contributed by atoms with E-state index in [1.807, 2.05) is 6.07 Å². The van der Waals surface area contributed by atoms with E-state index in [1.54, 1.807) is 31.6 Å². The largest absolute Gasteiger partial charge is 0.493 e. The molecule has 1 saturated heterocycles. The number of aliphatic hydroxyl groups excluding tert-OH is 1. The molecule has 0 amide bonds. The van der Waals surface area contributed by atoms with E-state index >= 15 is 0 Å². The van der Waals surface area contributed by atoms with Crippen molar-refractivity contribution in [3.05, 3.63) is 45.1 Å². The Kier molecular flexibility index (Phi) is 7.38. The molecule has 0 radical (unpaired) electrons. The number of methoxy groups -OCH3 is 2. The van der Waals surface area contributed by atoms with Crippen LogP contribution < -0.4 is 9.47 Å². The molecule has 1 aliphatic heterocycles. The maximum atomic E-state index is 9.53. The van der Waals surface area contributed by atoms with Crippen LogP contribution >= 0.6 is 22.9 Å². The van der Waals surface area contributed by atoms with Crippen LogP contribution in [0.25, 0.3) is 0 Å². The summed E-state index contributed by atoms with van der Waals surface area (Å²) in [6, 6.07) is 8.32. The van der Waals surface area contributed by atoms with E-state index in [0.717, 1.165) is 50.5 Å². The van der Waals surface area contributed by atoms with Gasteiger partial charge in [-0.2, -0.15) is 0 Å². The first-order chi connectivity index (χ1) is 13.1. The summed E-state index contributed by atoms with van der Waals surface area (Å²) in [5.74, 6) is 1.39. The van der Waals surface area contributed by atoms with Gasteiger partial charge in [-0.15, -0.1) is 11.3 Å². The van der Waals surface area contributed by atoms with Crippen molar-refractivity contribution >= 4 is 22.9 Å². The fraction of sp³-hybridized carbons (Fsp3) is 0.500. The van der Waals surface area contributed by atoms with Crippen molar-refractivity contribution in [1.29, 1.82) is 0 Å². The molecule has 0 bridgehead atoms. The van der Waals surface area contributed by atoms with Crippen molar-refractivity contribution in [1.82, 2.24) is 9.80 Å². The molecule has 2 heterocycles. The SMILES string of the molecule is COc1cc(Cl)cc(CN2CCN(Cc3cccs3)[C@H](CCO)C2)c1OC. The summed E-state index contributed by atoms with van der Waals surface area (Å²) in [6.07, 6.45) is 0.776. The van der Waals surface area contributed by atoms with Crippen molar-refractivity contribution in [3.63, 3.8) is 0 Å². The number of hydrogen-bond donors (Lipinski definition) is 1. The Morgan fingerprint density at radius 1 is 1.22 bits per heavy atom. The maximum absolute atomic E-state index is 9.53. The predicted molar refractivity (Wildman–Crippen MR) is 110 cm³/mol. The number of benzene rings is 1. The second-order valence-corrected chi connectivity index (χ2v) is 8.22. The van der Waals surface area contributed by atoms with Crippen molar-refractivity contribution in [2.75, 3.05) is 40.5 Å². The zero-order valence-electron chi connectivity index (χ0n) is 15.9. The van der Waals surface area contributed by atoms with E-state index in [4.69, 9.17) is 21.1 Å². The van der Waals surface area contributed by atoms with Gasteiger partial charge < -0.3 is 14.6 Å². The van der Waals surface area contributed by atoms with Gasteiger partial charge in [0.2, 0.25) is 0 Å². The van der Waals surface area contributed by atoms with E-state index in [0.29, 0.717) is 16.8 Å². The predicted octanol–water partition coefficient (Wildman–Crippen LogP) is 3.49. The number of hydrogen-bond acceptors (Lipinski definition) is 6. The van der Waals surface area contributed by atoms with Gasteiger partial charge in [0.05, 0.1) is 14.2 Å². The van der Waals surface area contributed by atoms with E-state index in [-0.39, 0.29) is 6.61 Å². The number of thiophene rings is 1. The summed E-state index contributed by atoms with van der Waals surface area (Å²) in [6.45, 7) is 4.74. The molecule has 0 unspecified atom stereocenters.